The zero-order chi connectivity index (χ0) is 21.6. The number of carbonyl (C=O) groups is 1. The van der Waals surface area contributed by atoms with Crippen LogP contribution in [-0.4, -0.2) is 46.2 Å². The van der Waals surface area contributed by atoms with Gasteiger partial charge in [-0.1, -0.05) is 23.5 Å². The first-order valence-electron chi connectivity index (χ1n) is 10.1. The number of nitriles is 1. The van der Waals surface area contributed by atoms with E-state index in [-0.39, 0.29) is 11.6 Å². The van der Waals surface area contributed by atoms with Gasteiger partial charge in [0, 0.05) is 23.5 Å². The number of carbonyl (C=O) groups excluding carboxylic acids is 1. The summed E-state index contributed by atoms with van der Waals surface area (Å²) < 4.78 is 5.33. The van der Waals surface area contributed by atoms with E-state index in [1.807, 2.05) is 49.1 Å². The Morgan fingerprint density at radius 3 is 2.58 bits per heavy atom. The van der Waals surface area contributed by atoms with Crippen LogP contribution >= 0.6 is 11.3 Å². The number of aromatic nitrogens is 2. The Morgan fingerprint density at radius 2 is 1.97 bits per heavy atom. The summed E-state index contributed by atoms with van der Waals surface area (Å²) in [7, 11) is 0. The number of nitrogens with one attached hydrogen (secondary N) is 1. The van der Waals surface area contributed by atoms with Gasteiger partial charge in [-0.25, -0.2) is 9.78 Å². The maximum absolute atomic E-state index is 12.9. The predicted molar refractivity (Wildman–Crippen MR) is 119 cm³/mol. The molecule has 1 spiro atoms. The van der Waals surface area contributed by atoms with Crippen molar-refractivity contribution in [3.63, 3.8) is 0 Å². The Hall–Kier alpha value is -3.28. The van der Waals surface area contributed by atoms with E-state index < -0.39 is 0 Å². The lowest BCUT2D eigenvalue weighted by atomic mass is 9.83. The van der Waals surface area contributed by atoms with Crippen molar-refractivity contribution in [3.05, 3.63) is 53.3 Å². The first-order chi connectivity index (χ1) is 15.0. The molecule has 156 valence electrons. The molecule has 0 unspecified atom stereocenters. The number of hydrogen-bond acceptors (Lipinski definition) is 6. The third-order valence-electron chi connectivity index (χ3n) is 5.81. The van der Waals surface area contributed by atoms with E-state index in [0.29, 0.717) is 23.9 Å². The molecular formula is C23H21N5O2S. The van der Waals surface area contributed by atoms with E-state index >= 15 is 0 Å². The van der Waals surface area contributed by atoms with Crippen LogP contribution in [0.15, 0.2) is 36.4 Å². The normalized spacial score (nSPS) is 16.4. The zero-order valence-corrected chi connectivity index (χ0v) is 18.1. The van der Waals surface area contributed by atoms with Crippen LogP contribution in [0.25, 0.3) is 21.7 Å². The number of benzene rings is 1. The van der Waals surface area contributed by atoms with Gasteiger partial charge >= 0.3 is 6.03 Å². The van der Waals surface area contributed by atoms with Gasteiger partial charge in [0.05, 0.1) is 41.0 Å². The molecule has 2 saturated heterocycles. The summed E-state index contributed by atoms with van der Waals surface area (Å²) in [5, 5.41) is 12.8. The lowest BCUT2D eigenvalue weighted by molar-refractivity contribution is -0.168. The third-order valence-corrected chi connectivity index (χ3v) is 6.83. The Morgan fingerprint density at radius 1 is 1.19 bits per heavy atom. The molecule has 2 aliphatic heterocycles. The van der Waals surface area contributed by atoms with E-state index in [9.17, 15) is 10.1 Å². The Balaban J connectivity index is 1.53. The van der Waals surface area contributed by atoms with E-state index in [0.717, 1.165) is 46.1 Å². The monoisotopic (exact) mass is 431 g/mol. The molecule has 7 nitrogen and oxygen atoms in total. The van der Waals surface area contributed by atoms with Crippen LogP contribution in [-0.2, 0) is 4.74 Å². The highest BCUT2D eigenvalue weighted by Crippen LogP contribution is 2.41. The standard InChI is InChI=1S/C23H21N5O2S/c1-14-8-18(9-15(2)25-14)20-19(17-5-3-4-16(10-17)11-24)26-21(31-20)27-22(29)28-7-6-23(28)12-30-13-23/h3-5,8-10H,6-7,12-13H2,1-2H3,(H,26,27,29). The second kappa shape index (κ2) is 7.45. The molecule has 2 aromatic heterocycles. The van der Waals surface area contributed by atoms with Crippen LogP contribution in [0, 0.1) is 25.2 Å². The first kappa shape index (κ1) is 19.7. The fraction of sp³-hybridized carbons (Fsp3) is 0.304. The van der Waals surface area contributed by atoms with Gasteiger partial charge in [0.2, 0.25) is 0 Å². The van der Waals surface area contributed by atoms with Crippen molar-refractivity contribution >= 4 is 22.5 Å². The van der Waals surface area contributed by atoms with Crippen molar-refractivity contribution in [1.29, 1.82) is 5.26 Å². The van der Waals surface area contributed by atoms with Gasteiger partial charge in [0.1, 0.15) is 0 Å². The van der Waals surface area contributed by atoms with E-state index in [4.69, 9.17) is 9.72 Å². The Kier molecular flexibility index (Phi) is 4.73. The topological polar surface area (TPSA) is 91.1 Å². The number of rotatable bonds is 3. The second-order valence-corrected chi connectivity index (χ2v) is 9.08. The molecule has 0 radical (unpaired) electrons. The van der Waals surface area contributed by atoms with Gasteiger partial charge < -0.3 is 9.64 Å². The summed E-state index contributed by atoms with van der Waals surface area (Å²) in [6, 6.07) is 13.4. The molecule has 5 rings (SSSR count). The fourth-order valence-corrected chi connectivity index (χ4v) is 5.08. The Bertz CT molecular complexity index is 1200. The summed E-state index contributed by atoms with van der Waals surface area (Å²) in [5.41, 5.74) is 4.84. The van der Waals surface area contributed by atoms with Gasteiger partial charge in [-0.2, -0.15) is 5.26 Å². The van der Waals surface area contributed by atoms with E-state index in [1.165, 1.54) is 11.3 Å². The van der Waals surface area contributed by atoms with Crippen molar-refractivity contribution in [3.8, 4) is 27.8 Å². The Labute approximate surface area is 184 Å². The van der Waals surface area contributed by atoms with Crippen LogP contribution in [0.5, 0.6) is 0 Å². The summed E-state index contributed by atoms with van der Waals surface area (Å²) >= 11 is 1.43. The lowest BCUT2D eigenvalue weighted by Crippen LogP contribution is -2.72. The smallest absolute Gasteiger partial charge is 0.324 e. The van der Waals surface area contributed by atoms with Gasteiger partial charge in [0.25, 0.3) is 0 Å². The number of aryl methyl sites for hydroxylation is 2. The highest BCUT2D eigenvalue weighted by Gasteiger charge is 2.53. The second-order valence-electron chi connectivity index (χ2n) is 8.08. The molecule has 4 heterocycles. The minimum atomic E-state index is -0.144. The van der Waals surface area contributed by atoms with Crippen molar-refractivity contribution in [2.24, 2.45) is 0 Å². The van der Waals surface area contributed by atoms with Gasteiger partial charge in [-0.15, -0.1) is 0 Å². The van der Waals surface area contributed by atoms with Crippen LogP contribution in [0.1, 0.15) is 23.4 Å². The number of ether oxygens (including phenoxy) is 1. The van der Waals surface area contributed by atoms with Gasteiger partial charge in [0.15, 0.2) is 5.13 Å². The highest BCUT2D eigenvalue weighted by atomic mass is 32.1. The molecule has 31 heavy (non-hydrogen) atoms. The minimum absolute atomic E-state index is 0.131. The van der Waals surface area contributed by atoms with Crippen molar-refractivity contribution in [2.45, 2.75) is 25.8 Å². The molecular weight excluding hydrogens is 410 g/mol. The maximum atomic E-state index is 12.9. The quantitative estimate of drug-likeness (QED) is 0.665. The maximum Gasteiger partial charge on any atom is 0.324 e. The molecule has 0 bridgehead atoms. The van der Waals surface area contributed by atoms with E-state index in [2.05, 4.69) is 16.4 Å². The summed E-state index contributed by atoms with van der Waals surface area (Å²) in [4.78, 5) is 24.9. The summed E-state index contributed by atoms with van der Waals surface area (Å²) in [6.45, 7) is 5.85. The third kappa shape index (κ3) is 3.46. The average molecular weight is 432 g/mol. The molecule has 1 N–H and O–H groups in total. The van der Waals surface area contributed by atoms with Gasteiger partial charge in [-0.05, 0) is 50.1 Å². The number of thiazole rings is 1. The molecule has 2 fully saturated rings. The zero-order valence-electron chi connectivity index (χ0n) is 17.3. The summed E-state index contributed by atoms with van der Waals surface area (Å²) in [6.07, 6.45) is 0.977. The first-order valence-corrected chi connectivity index (χ1v) is 10.9. The summed E-state index contributed by atoms with van der Waals surface area (Å²) in [5.74, 6) is 0. The number of nitrogens with zero attached hydrogens (tertiary/aromatic N) is 4. The molecule has 8 heteroatoms. The average Bonchev–Trinajstić information content (AvgIpc) is 3.09. The van der Waals surface area contributed by atoms with Crippen LogP contribution in [0.3, 0.4) is 0 Å². The SMILES string of the molecule is Cc1cc(-c2sc(NC(=O)N3CCC34COC4)nc2-c2cccc(C#N)c2)cc(C)n1. The molecule has 3 aromatic rings. The molecule has 0 aliphatic carbocycles. The highest BCUT2D eigenvalue weighted by molar-refractivity contribution is 7.19. The van der Waals surface area contributed by atoms with Crippen LogP contribution in [0.2, 0.25) is 0 Å². The molecule has 0 saturated carbocycles. The van der Waals surface area contributed by atoms with Gasteiger partial charge in [-0.3, -0.25) is 10.3 Å². The number of likely N-dealkylation sites (tertiary alicyclic amines) is 1. The molecule has 1 aromatic carbocycles. The van der Waals surface area contributed by atoms with Crippen molar-refractivity contribution in [2.75, 3.05) is 25.1 Å². The molecule has 2 amide bonds. The van der Waals surface area contributed by atoms with Crippen LogP contribution < -0.4 is 5.32 Å². The fourth-order valence-electron chi connectivity index (χ4n) is 4.12. The lowest BCUT2D eigenvalue weighted by Gasteiger charge is -2.57. The van der Waals surface area contributed by atoms with E-state index in [1.54, 1.807) is 6.07 Å². The predicted octanol–water partition coefficient (Wildman–Crippen LogP) is 4.37. The number of hydrogen-bond donors (Lipinski definition) is 1. The number of urea groups is 1. The molecule has 2 aliphatic rings. The number of amides is 2. The van der Waals surface area contributed by atoms with Crippen LogP contribution in [0.4, 0.5) is 9.93 Å². The number of pyridine rings is 1. The largest absolute Gasteiger partial charge is 0.376 e. The van der Waals surface area contributed by atoms with Crippen molar-refractivity contribution < 1.29 is 9.53 Å². The molecule has 0 atom stereocenters. The minimum Gasteiger partial charge on any atom is -0.376 e. The van der Waals surface area contributed by atoms with Crippen molar-refractivity contribution in [1.82, 2.24) is 14.9 Å². The number of anilines is 1.